The van der Waals surface area contributed by atoms with Gasteiger partial charge in [-0.2, -0.15) is 0 Å². The standard InChI is InChI=1S/C12H14FNO3/c13-9-6-4-8(5-7-9)11(15)3-1-2-10(14)12(16)17/h4-7,10H,1-3,14H2,(H,16,17)/t10-/m1/s1. The summed E-state index contributed by atoms with van der Waals surface area (Å²) in [6.07, 6.45) is 0.874. The molecule has 0 unspecified atom stereocenters. The molecule has 0 aliphatic rings. The van der Waals surface area contributed by atoms with Gasteiger partial charge in [-0.05, 0) is 37.1 Å². The molecule has 1 atom stereocenters. The SMILES string of the molecule is N[C@H](CCCC(=O)c1ccc(F)cc1)C(=O)O. The average molecular weight is 239 g/mol. The van der Waals surface area contributed by atoms with Crippen LogP contribution in [0.25, 0.3) is 0 Å². The maximum Gasteiger partial charge on any atom is 0.320 e. The Hall–Kier alpha value is -1.75. The lowest BCUT2D eigenvalue weighted by Gasteiger charge is -2.05. The topological polar surface area (TPSA) is 80.4 Å². The Morgan fingerprint density at radius 3 is 2.41 bits per heavy atom. The van der Waals surface area contributed by atoms with Crippen molar-refractivity contribution in [3.05, 3.63) is 35.6 Å². The number of rotatable bonds is 6. The van der Waals surface area contributed by atoms with Crippen molar-refractivity contribution in [2.24, 2.45) is 5.73 Å². The van der Waals surface area contributed by atoms with Crippen molar-refractivity contribution in [3.8, 4) is 0 Å². The van der Waals surface area contributed by atoms with Crippen molar-refractivity contribution in [3.63, 3.8) is 0 Å². The highest BCUT2D eigenvalue weighted by atomic mass is 19.1. The van der Waals surface area contributed by atoms with E-state index < -0.39 is 17.8 Å². The lowest BCUT2D eigenvalue weighted by atomic mass is 10.0. The van der Waals surface area contributed by atoms with Crippen LogP contribution in [-0.4, -0.2) is 22.9 Å². The predicted octanol–water partition coefficient (Wildman–Crippen LogP) is 1.59. The first-order valence-electron chi connectivity index (χ1n) is 5.28. The first-order valence-corrected chi connectivity index (χ1v) is 5.28. The number of nitrogens with two attached hydrogens (primary N) is 1. The van der Waals surface area contributed by atoms with Crippen LogP contribution in [0, 0.1) is 5.82 Å². The molecule has 0 aromatic heterocycles. The maximum absolute atomic E-state index is 12.6. The van der Waals surface area contributed by atoms with E-state index in [-0.39, 0.29) is 18.6 Å². The number of carboxylic acids is 1. The van der Waals surface area contributed by atoms with Gasteiger partial charge in [-0.15, -0.1) is 0 Å². The summed E-state index contributed by atoms with van der Waals surface area (Å²) in [6.45, 7) is 0. The second-order valence-electron chi connectivity index (χ2n) is 3.77. The molecule has 0 bridgehead atoms. The van der Waals surface area contributed by atoms with E-state index in [9.17, 15) is 14.0 Å². The lowest BCUT2D eigenvalue weighted by molar-refractivity contribution is -0.138. The molecule has 0 saturated carbocycles. The summed E-state index contributed by atoms with van der Waals surface area (Å²) < 4.78 is 12.6. The molecular formula is C12H14FNO3. The van der Waals surface area contributed by atoms with Crippen molar-refractivity contribution in [2.75, 3.05) is 0 Å². The van der Waals surface area contributed by atoms with Gasteiger partial charge in [0.1, 0.15) is 11.9 Å². The molecule has 0 fully saturated rings. The Kier molecular flexibility index (Phi) is 4.78. The molecule has 92 valence electrons. The van der Waals surface area contributed by atoms with Crippen molar-refractivity contribution in [1.82, 2.24) is 0 Å². The normalized spacial score (nSPS) is 12.1. The molecule has 1 rings (SSSR count). The molecule has 17 heavy (non-hydrogen) atoms. The van der Waals surface area contributed by atoms with Gasteiger partial charge in [0.25, 0.3) is 0 Å². The number of hydrogen-bond acceptors (Lipinski definition) is 3. The monoisotopic (exact) mass is 239 g/mol. The van der Waals surface area contributed by atoms with Crippen molar-refractivity contribution in [1.29, 1.82) is 0 Å². The minimum Gasteiger partial charge on any atom is -0.480 e. The molecule has 3 N–H and O–H groups in total. The molecular weight excluding hydrogens is 225 g/mol. The molecule has 5 heteroatoms. The number of Topliss-reactive ketones (excluding diaryl/α,β-unsaturated/α-hetero) is 1. The summed E-state index contributed by atoms with van der Waals surface area (Å²) in [7, 11) is 0. The molecule has 0 radical (unpaired) electrons. The second-order valence-corrected chi connectivity index (χ2v) is 3.77. The molecule has 0 spiro atoms. The fourth-order valence-electron chi connectivity index (χ4n) is 1.39. The number of halogens is 1. The van der Waals surface area contributed by atoms with Gasteiger partial charge in [-0.1, -0.05) is 0 Å². The summed E-state index contributed by atoms with van der Waals surface area (Å²) in [5, 5.41) is 8.54. The number of aliphatic carboxylic acids is 1. The van der Waals surface area contributed by atoms with E-state index in [2.05, 4.69) is 0 Å². The number of carbonyl (C=O) groups excluding carboxylic acids is 1. The van der Waals surface area contributed by atoms with Crippen molar-refractivity contribution >= 4 is 11.8 Å². The molecule has 0 aliphatic heterocycles. The van der Waals surface area contributed by atoms with E-state index in [1.807, 2.05) is 0 Å². The van der Waals surface area contributed by atoms with E-state index in [0.717, 1.165) is 0 Å². The highest BCUT2D eigenvalue weighted by Gasteiger charge is 2.12. The van der Waals surface area contributed by atoms with Crippen LogP contribution in [0.1, 0.15) is 29.6 Å². The number of carbonyl (C=O) groups is 2. The van der Waals surface area contributed by atoms with Gasteiger partial charge in [0.05, 0.1) is 0 Å². The highest BCUT2D eigenvalue weighted by molar-refractivity contribution is 5.95. The summed E-state index contributed by atoms with van der Waals surface area (Å²) in [5.41, 5.74) is 5.73. The molecule has 1 aromatic carbocycles. The fraction of sp³-hybridized carbons (Fsp3) is 0.333. The lowest BCUT2D eigenvalue weighted by Crippen LogP contribution is -2.29. The smallest absolute Gasteiger partial charge is 0.320 e. The summed E-state index contributed by atoms with van der Waals surface area (Å²) in [6, 6.07) is 4.33. The first kappa shape index (κ1) is 13.3. The van der Waals surface area contributed by atoms with Crippen LogP contribution in [-0.2, 0) is 4.79 Å². The first-order chi connectivity index (χ1) is 8.00. The second kappa shape index (κ2) is 6.10. The van der Waals surface area contributed by atoms with Crippen LogP contribution in [0.3, 0.4) is 0 Å². The molecule has 0 aliphatic carbocycles. The van der Waals surface area contributed by atoms with E-state index in [0.29, 0.717) is 12.0 Å². The zero-order valence-electron chi connectivity index (χ0n) is 9.23. The Bertz CT molecular complexity index is 403. The third kappa shape index (κ3) is 4.32. The van der Waals surface area contributed by atoms with Crippen molar-refractivity contribution in [2.45, 2.75) is 25.3 Å². The van der Waals surface area contributed by atoms with E-state index in [1.165, 1.54) is 24.3 Å². The molecule has 1 aromatic rings. The number of hydrogen-bond donors (Lipinski definition) is 2. The zero-order chi connectivity index (χ0) is 12.8. The number of benzene rings is 1. The summed E-state index contributed by atoms with van der Waals surface area (Å²) in [4.78, 5) is 22.0. The van der Waals surface area contributed by atoms with Gasteiger partial charge in [-0.25, -0.2) is 4.39 Å². The van der Waals surface area contributed by atoms with E-state index >= 15 is 0 Å². The Morgan fingerprint density at radius 1 is 1.29 bits per heavy atom. The van der Waals surface area contributed by atoms with Crippen LogP contribution in [0.4, 0.5) is 4.39 Å². The number of ketones is 1. The Labute approximate surface area is 98.2 Å². The largest absolute Gasteiger partial charge is 0.480 e. The van der Waals surface area contributed by atoms with Gasteiger partial charge in [0.2, 0.25) is 0 Å². The summed E-state index contributed by atoms with van der Waals surface area (Å²) >= 11 is 0. The van der Waals surface area contributed by atoms with Crippen LogP contribution >= 0.6 is 0 Å². The van der Waals surface area contributed by atoms with Crippen LogP contribution < -0.4 is 5.73 Å². The maximum atomic E-state index is 12.6. The zero-order valence-corrected chi connectivity index (χ0v) is 9.23. The Morgan fingerprint density at radius 2 is 1.88 bits per heavy atom. The molecule has 4 nitrogen and oxygen atoms in total. The third-order valence-corrected chi connectivity index (χ3v) is 2.40. The van der Waals surface area contributed by atoms with Gasteiger partial charge in [0, 0.05) is 12.0 Å². The van der Waals surface area contributed by atoms with Crippen LogP contribution in [0.5, 0.6) is 0 Å². The third-order valence-electron chi connectivity index (χ3n) is 2.40. The predicted molar refractivity (Wildman–Crippen MR) is 60.2 cm³/mol. The number of carboxylic acid groups (broad SMARTS) is 1. The van der Waals surface area contributed by atoms with Gasteiger partial charge >= 0.3 is 5.97 Å². The van der Waals surface area contributed by atoms with E-state index in [1.54, 1.807) is 0 Å². The van der Waals surface area contributed by atoms with E-state index in [4.69, 9.17) is 10.8 Å². The molecule has 0 saturated heterocycles. The fourth-order valence-corrected chi connectivity index (χ4v) is 1.39. The minimum absolute atomic E-state index is 0.136. The van der Waals surface area contributed by atoms with Gasteiger partial charge in [0.15, 0.2) is 5.78 Å². The quantitative estimate of drug-likeness (QED) is 0.739. The van der Waals surface area contributed by atoms with Crippen molar-refractivity contribution < 1.29 is 19.1 Å². The molecule has 0 amide bonds. The molecule has 0 heterocycles. The average Bonchev–Trinajstić information content (AvgIpc) is 2.29. The van der Waals surface area contributed by atoms with Crippen LogP contribution in [0.15, 0.2) is 24.3 Å². The highest BCUT2D eigenvalue weighted by Crippen LogP contribution is 2.09. The van der Waals surface area contributed by atoms with Crippen LogP contribution in [0.2, 0.25) is 0 Å². The Balaban J connectivity index is 2.40. The van der Waals surface area contributed by atoms with Gasteiger partial charge < -0.3 is 10.8 Å². The van der Waals surface area contributed by atoms with Gasteiger partial charge in [-0.3, -0.25) is 9.59 Å². The summed E-state index contributed by atoms with van der Waals surface area (Å²) in [5.74, 6) is -1.60. The minimum atomic E-state index is -1.07.